The third kappa shape index (κ3) is 1.66. The summed E-state index contributed by atoms with van der Waals surface area (Å²) in [5.74, 6) is 0.0578. The lowest BCUT2D eigenvalue weighted by Gasteiger charge is -2.15. The van der Waals surface area contributed by atoms with E-state index in [-0.39, 0.29) is 5.76 Å². The van der Waals surface area contributed by atoms with Crippen LogP contribution in [0.3, 0.4) is 0 Å². The maximum atomic E-state index is 11.9. The Morgan fingerprint density at radius 2 is 1.86 bits per heavy atom. The topological polar surface area (TPSA) is 23.1 Å². The van der Waals surface area contributed by atoms with Gasteiger partial charge in [0.2, 0.25) is 0 Å². The van der Waals surface area contributed by atoms with Crippen LogP contribution in [-0.2, 0) is 0 Å². The van der Waals surface area contributed by atoms with Crippen molar-refractivity contribution in [2.45, 2.75) is 0 Å². The number of allylic oxidation sites excluding steroid dienone is 5. The number of hydrogen-bond acceptors (Lipinski definition) is 1. The molecule has 14 heavy (non-hydrogen) atoms. The van der Waals surface area contributed by atoms with Crippen LogP contribution in [0.25, 0.3) is 5.76 Å². The molecule has 0 aromatic heterocycles. The zero-order chi connectivity index (χ0) is 9.97. The summed E-state index contributed by atoms with van der Waals surface area (Å²) in [7, 11) is 0. The summed E-state index contributed by atoms with van der Waals surface area (Å²) in [4.78, 5) is 0. The molecule has 0 saturated carbocycles. The third-order valence-corrected chi connectivity index (χ3v) is 2.73. The first-order valence-electron chi connectivity index (χ1n) is 4.30. The van der Waals surface area contributed by atoms with E-state index in [1.54, 1.807) is 0 Å². The van der Waals surface area contributed by atoms with E-state index in [2.05, 4.69) is 15.9 Å². The van der Waals surface area contributed by atoms with Gasteiger partial charge in [-0.3, -0.25) is 0 Å². The molecule has 1 aromatic rings. The molecule has 1 aromatic carbocycles. The summed E-state index contributed by atoms with van der Waals surface area (Å²) in [5, 5.41) is 11.9. The van der Waals surface area contributed by atoms with Gasteiger partial charge in [0, 0.05) is 4.48 Å². The van der Waals surface area contributed by atoms with Crippen LogP contribution in [0.15, 0.2) is 58.6 Å². The Labute approximate surface area is 91.2 Å². The lowest BCUT2D eigenvalue weighted by molar-refractivity contribution is -0.244. The van der Waals surface area contributed by atoms with Crippen LogP contribution in [0.1, 0.15) is 5.56 Å². The monoisotopic (exact) mass is 247 g/mol. The molecule has 2 heteroatoms. The van der Waals surface area contributed by atoms with Crippen molar-refractivity contribution in [3.8, 4) is 0 Å². The first kappa shape index (κ1) is 9.28. The SMILES string of the molecule is [O-]/C(=C1\C=CC=C1Br)c1ccccc1. The molecule has 0 unspecified atom stereocenters. The zero-order valence-electron chi connectivity index (χ0n) is 7.41. The Hall–Kier alpha value is -1.28. The molecule has 0 aliphatic heterocycles. The Balaban J connectivity index is 2.46. The quantitative estimate of drug-likeness (QED) is 0.700. The molecule has 1 nitrogen and oxygen atoms in total. The van der Waals surface area contributed by atoms with Gasteiger partial charge in [0.1, 0.15) is 0 Å². The molecule has 70 valence electrons. The van der Waals surface area contributed by atoms with Gasteiger partial charge in [-0.2, -0.15) is 0 Å². The molecule has 0 amide bonds. The van der Waals surface area contributed by atoms with Crippen LogP contribution in [0.2, 0.25) is 0 Å². The fourth-order valence-corrected chi connectivity index (χ4v) is 1.79. The van der Waals surface area contributed by atoms with Gasteiger partial charge in [-0.1, -0.05) is 64.2 Å². The van der Waals surface area contributed by atoms with Crippen molar-refractivity contribution in [2.24, 2.45) is 0 Å². The van der Waals surface area contributed by atoms with Crippen LogP contribution in [0, 0.1) is 0 Å². The van der Waals surface area contributed by atoms with Crippen molar-refractivity contribution in [1.82, 2.24) is 0 Å². The van der Waals surface area contributed by atoms with Gasteiger partial charge in [-0.25, -0.2) is 0 Å². The molecule has 0 N–H and O–H groups in total. The maximum absolute atomic E-state index is 11.9. The van der Waals surface area contributed by atoms with Crippen LogP contribution in [0.4, 0.5) is 0 Å². The van der Waals surface area contributed by atoms with Gasteiger partial charge in [-0.05, 0) is 17.2 Å². The molecular formula is C12H8BrO-. The summed E-state index contributed by atoms with van der Waals surface area (Å²) in [6.07, 6.45) is 5.55. The second kappa shape index (κ2) is 3.84. The molecule has 0 radical (unpaired) electrons. The van der Waals surface area contributed by atoms with E-state index < -0.39 is 0 Å². The Bertz CT molecular complexity index is 427. The number of benzene rings is 1. The Morgan fingerprint density at radius 3 is 2.43 bits per heavy atom. The summed E-state index contributed by atoms with van der Waals surface area (Å²) < 4.78 is 0.853. The Morgan fingerprint density at radius 1 is 1.14 bits per heavy atom. The Kier molecular flexibility index (Phi) is 2.55. The first-order valence-corrected chi connectivity index (χ1v) is 5.09. The summed E-state index contributed by atoms with van der Waals surface area (Å²) in [5.41, 5.74) is 1.44. The van der Waals surface area contributed by atoms with E-state index in [0.717, 1.165) is 15.6 Å². The minimum Gasteiger partial charge on any atom is -0.872 e. The standard InChI is InChI=1S/C12H9BrO/c13-11-8-4-7-10(11)12(14)9-5-2-1-3-6-9/h1-8,14H/p-1/b12-10+. The highest BCUT2D eigenvalue weighted by Crippen LogP contribution is 2.28. The number of hydrogen-bond donors (Lipinski definition) is 0. The second-order valence-corrected chi connectivity index (χ2v) is 3.84. The van der Waals surface area contributed by atoms with Gasteiger partial charge in [0.15, 0.2) is 0 Å². The van der Waals surface area contributed by atoms with Gasteiger partial charge in [-0.15, -0.1) is 0 Å². The molecule has 1 aliphatic carbocycles. The average molecular weight is 248 g/mol. The zero-order valence-corrected chi connectivity index (χ0v) is 8.99. The summed E-state index contributed by atoms with van der Waals surface area (Å²) in [6.45, 7) is 0. The van der Waals surface area contributed by atoms with E-state index in [4.69, 9.17) is 0 Å². The molecule has 2 rings (SSSR count). The maximum Gasteiger partial charge on any atom is 0.0241 e. The molecule has 0 fully saturated rings. The molecule has 0 saturated heterocycles. The minimum absolute atomic E-state index is 0.0578. The van der Waals surface area contributed by atoms with Gasteiger partial charge in [0.05, 0.1) is 0 Å². The molecule has 0 heterocycles. The van der Waals surface area contributed by atoms with Crippen LogP contribution in [0.5, 0.6) is 0 Å². The van der Waals surface area contributed by atoms with Crippen molar-refractivity contribution >= 4 is 21.7 Å². The van der Waals surface area contributed by atoms with Gasteiger partial charge in [0.25, 0.3) is 0 Å². The van der Waals surface area contributed by atoms with E-state index in [0.29, 0.717) is 0 Å². The van der Waals surface area contributed by atoms with Crippen LogP contribution >= 0.6 is 15.9 Å². The molecule has 0 atom stereocenters. The average Bonchev–Trinajstić information content (AvgIpc) is 2.65. The lowest BCUT2D eigenvalue weighted by Crippen LogP contribution is -2.04. The highest BCUT2D eigenvalue weighted by Gasteiger charge is 2.04. The van der Waals surface area contributed by atoms with Crippen molar-refractivity contribution in [1.29, 1.82) is 0 Å². The van der Waals surface area contributed by atoms with E-state index in [1.165, 1.54) is 0 Å². The molecule has 1 aliphatic rings. The van der Waals surface area contributed by atoms with E-state index in [1.807, 2.05) is 48.6 Å². The normalized spacial score (nSPS) is 18.2. The van der Waals surface area contributed by atoms with Crippen LogP contribution in [-0.4, -0.2) is 0 Å². The second-order valence-electron chi connectivity index (χ2n) is 2.98. The minimum atomic E-state index is 0.0578. The highest BCUT2D eigenvalue weighted by molar-refractivity contribution is 9.12. The van der Waals surface area contributed by atoms with Crippen molar-refractivity contribution in [3.05, 3.63) is 64.2 Å². The van der Waals surface area contributed by atoms with E-state index >= 15 is 0 Å². The van der Waals surface area contributed by atoms with Gasteiger partial charge >= 0.3 is 0 Å². The third-order valence-electron chi connectivity index (χ3n) is 2.04. The van der Waals surface area contributed by atoms with E-state index in [9.17, 15) is 5.11 Å². The molecule has 0 bridgehead atoms. The lowest BCUT2D eigenvalue weighted by atomic mass is 10.1. The molecule has 0 spiro atoms. The molecular weight excluding hydrogens is 240 g/mol. The largest absolute Gasteiger partial charge is 0.872 e. The smallest absolute Gasteiger partial charge is 0.0241 e. The predicted molar refractivity (Wildman–Crippen MR) is 59.5 cm³/mol. The van der Waals surface area contributed by atoms with Gasteiger partial charge < -0.3 is 5.11 Å². The van der Waals surface area contributed by atoms with Crippen molar-refractivity contribution in [2.75, 3.05) is 0 Å². The fraction of sp³-hybridized carbons (Fsp3) is 0. The van der Waals surface area contributed by atoms with Crippen LogP contribution < -0.4 is 5.11 Å². The predicted octanol–water partition coefficient (Wildman–Crippen LogP) is 2.61. The van der Waals surface area contributed by atoms with Crippen molar-refractivity contribution < 1.29 is 5.11 Å². The summed E-state index contributed by atoms with van der Waals surface area (Å²) in [6, 6.07) is 9.27. The van der Waals surface area contributed by atoms with Crippen molar-refractivity contribution in [3.63, 3.8) is 0 Å². The first-order chi connectivity index (χ1) is 6.79. The fourth-order valence-electron chi connectivity index (χ4n) is 1.33. The summed E-state index contributed by atoms with van der Waals surface area (Å²) >= 11 is 3.34. The number of halogens is 1. The number of rotatable bonds is 1. The highest BCUT2D eigenvalue weighted by atomic mass is 79.9.